The fourth-order valence-corrected chi connectivity index (χ4v) is 4.54. The first kappa shape index (κ1) is 17.0. The van der Waals surface area contributed by atoms with Crippen LogP contribution in [-0.2, 0) is 16.1 Å². The monoisotopic (exact) mass is 372 g/mol. The van der Waals surface area contributed by atoms with Crippen LogP contribution in [0.25, 0.3) is 20.4 Å². The highest BCUT2D eigenvalue weighted by atomic mass is 32.1. The maximum Gasteiger partial charge on any atom is 0.326 e. The average molecular weight is 372 g/mol. The number of ether oxygens (including phenoxy) is 1. The van der Waals surface area contributed by atoms with Crippen LogP contribution in [0.1, 0.15) is 25.3 Å². The first-order valence-corrected chi connectivity index (χ1v) is 9.60. The van der Waals surface area contributed by atoms with Crippen LogP contribution in [0.3, 0.4) is 0 Å². The van der Waals surface area contributed by atoms with Crippen LogP contribution in [0, 0.1) is 6.92 Å². The van der Waals surface area contributed by atoms with Gasteiger partial charge in [-0.1, -0.05) is 0 Å². The lowest BCUT2D eigenvalue weighted by molar-refractivity contribution is -0.143. The number of esters is 1. The molecule has 0 aromatic carbocycles. The quantitative estimate of drug-likeness (QED) is 0.655. The van der Waals surface area contributed by atoms with Crippen molar-refractivity contribution in [1.29, 1.82) is 0 Å². The highest BCUT2D eigenvalue weighted by Crippen LogP contribution is 2.34. The molecular weight excluding hydrogens is 352 g/mol. The third kappa shape index (κ3) is 2.84. The molecule has 0 spiro atoms. The molecular formula is C18H20N4O3S. The molecule has 1 saturated heterocycles. The van der Waals surface area contributed by atoms with Crippen LogP contribution in [0.15, 0.2) is 17.2 Å². The van der Waals surface area contributed by atoms with E-state index in [4.69, 9.17) is 9.72 Å². The standard InChI is InChI=1S/C18H20N4O3S/c1-3-25-13(23)9-22-10-19-15-14-11(2)8-12(21-6-4-5-7-21)20-17(14)26-16(15)18(22)24/h8,10H,3-7,9H2,1-2H3. The Morgan fingerprint density at radius 2 is 2.12 bits per heavy atom. The molecule has 4 heterocycles. The number of carbonyl (C=O) groups excluding carboxylic acids is 1. The molecule has 1 aliphatic rings. The predicted molar refractivity (Wildman–Crippen MR) is 102 cm³/mol. The number of fused-ring (bicyclic) bond motifs is 3. The van der Waals surface area contributed by atoms with Gasteiger partial charge in [0.05, 0.1) is 18.5 Å². The Hall–Kier alpha value is -2.48. The summed E-state index contributed by atoms with van der Waals surface area (Å²) < 4.78 is 6.75. The lowest BCUT2D eigenvalue weighted by Crippen LogP contribution is -2.25. The molecule has 3 aromatic rings. The fourth-order valence-electron chi connectivity index (χ4n) is 3.39. The van der Waals surface area contributed by atoms with Gasteiger partial charge in [-0.15, -0.1) is 11.3 Å². The molecule has 0 saturated carbocycles. The summed E-state index contributed by atoms with van der Waals surface area (Å²) in [4.78, 5) is 36.8. The Labute approximate surface area is 154 Å². The lowest BCUT2D eigenvalue weighted by Gasteiger charge is -2.16. The average Bonchev–Trinajstić information content (AvgIpc) is 3.25. The highest BCUT2D eigenvalue weighted by molar-refractivity contribution is 7.25. The van der Waals surface area contributed by atoms with Crippen molar-refractivity contribution in [2.45, 2.75) is 33.2 Å². The zero-order chi connectivity index (χ0) is 18.3. The van der Waals surface area contributed by atoms with Gasteiger partial charge >= 0.3 is 5.97 Å². The van der Waals surface area contributed by atoms with E-state index in [2.05, 4.69) is 16.0 Å². The molecule has 0 radical (unpaired) electrons. The number of pyridine rings is 1. The van der Waals surface area contributed by atoms with E-state index in [9.17, 15) is 9.59 Å². The molecule has 0 amide bonds. The third-order valence-corrected chi connectivity index (χ3v) is 5.70. The van der Waals surface area contributed by atoms with Crippen molar-refractivity contribution in [2.75, 3.05) is 24.6 Å². The number of anilines is 1. The van der Waals surface area contributed by atoms with Crippen molar-refractivity contribution in [3.63, 3.8) is 0 Å². The van der Waals surface area contributed by atoms with E-state index >= 15 is 0 Å². The van der Waals surface area contributed by atoms with Crippen LogP contribution >= 0.6 is 11.3 Å². The van der Waals surface area contributed by atoms with Crippen molar-refractivity contribution < 1.29 is 9.53 Å². The number of aromatic nitrogens is 3. The SMILES string of the molecule is CCOC(=O)Cn1cnc2c(sc3nc(N4CCCC4)cc(C)c32)c1=O. The summed E-state index contributed by atoms with van der Waals surface area (Å²) in [5.41, 5.74) is 1.50. The predicted octanol–water partition coefficient (Wildman–Crippen LogP) is 2.48. The van der Waals surface area contributed by atoms with Gasteiger partial charge in [-0.3, -0.25) is 14.2 Å². The van der Waals surface area contributed by atoms with Crippen LogP contribution in [0.4, 0.5) is 5.82 Å². The second-order valence-corrected chi connectivity index (χ2v) is 7.43. The zero-order valence-corrected chi connectivity index (χ0v) is 15.6. The van der Waals surface area contributed by atoms with E-state index in [1.54, 1.807) is 6.92 Å². The van der Waals surface area contributed by atoms with Crippen LogP contribution in [-0.4, -0.2) is 40.2 Å². The van der Waals surface area contributed by atoms with E-state index in [1.807, 2.05) is 6.92 Å². The van der Waals surface area contributed by atoms with E-state index < -0.39 is 5.97 Å². The second-order valence-electron chi connectivity index (χ2n) is 6.43. The number of thiophene rings is 1. The van der Waals surface area contributed by atoms with Crippen molar-refractivity contribution in [3.05, 3.63) is 28.3 Å². The number of aryl methyl sites for hydroxylation is 1. The summed E-state index contributed by atoms with van der Waals surface area (Å²) in [5, 5.41) is 0.924. The number of carbonyl (C=O) groups is 1. The first-order valence-electron chi connectivity index (χ1n) is 8.78. The lowest BCUT2D eigenvalue weighted by atomic mass is 10.2. The van der Waals surface area contributed by atoms with Gasteiger partial charge in [-0.2, -0.15) is 0 Å². The number of hydrogen-bond acceptors (Lipinski definition) is 7. The van der Waals surface area contributed by atoms with Gasteiger partial charge in [-0.25, -0.2) is 9.97 Å². The molecule has 0 atom stereocenters. The Bertz CT molecular complexity index is 1050. The largest absolute Gasteiger partial charge is 0.465 e. The first-order chi connectivity index (χ1) is 12.6. The summed E-state index contributed by atoms with van der Waals surface area (Å²) in [6.07, 6.45) is 3.79. The van der Waals surface area contributed by atoms with Gasteiger partial charge < -0.3 is 9.64 Å². The van der Waals surface area contributed by atoms with Crippen molar-refractivity contribution in [1.82, 2.24) is 14.5 Å². The second kappa shape index (κ2) is 6.68. The Morgan fingerprint density at radius 3 is 2.85 bits per heavy atom. The smallest absolute Gasteiger partial charge is 0.326 e. The molecule has 26 heavy (non-hydrogen) atoms. The maximum absolute atomic E-state index is 12.8. The van der Waals surface area contributed by atoms with Gasteiger partial charge in [0, 0.05) is 18.5 Å². The van der Waals surface area contributed by atoms with Crippen LogP contribution < -0.4 is 10.5 Å². The van der Waals surface area contributed by atoms with Gasteiger partial charge in [0.1, 0.15) is 21.9 Å². The summed E-state index contributed by atoms with van der Waals surface area (Å²) >= 11 is 1.34. The molecule has 4 rings (SSSR count). The molecule has 1 aliphatic heterocycles. The van der Waals surface area contributed by atoms with E-state index in [0.717, 1.165) is 34.7 Å². The topological polar surface area (TPSA) is 77.3 Å². The summed E-state index contributed by atoms with van der Waals surface area (Å²) in [5.74, 6) is 0.522. The van der Waals surface area contributed by atoms with Gasteiger partial charge in [0.2, 0.25) is 0 Å². The Balaban J connectivity index is 1.82. The molecule has 0 aliphatic carbocycles. The van der Waals surface area contributed by atoms with E-state index in [1.165, 1.54) is 35.1 Å². The fraction of sp³-hybridized carbons (Fsp3) is 0.444. The molecule has 0 N–H and O–H groups in total. The summed E-state index contributed by atoms with van der Waals surface area (Å²) in [6, 6.07) is 2.08. The molecule has 0 bridgehead atoms. The van der Waals surface area contributed by atoms with Crippen LogP contribution in [0.2, 0.25) is 0 Å². The molecule has 1 fully saturated rings. The van der Waals surface area contributed by atoms with Crippen LogP contribution in [0.5, 0.6) is 0 Å². The van der Waals surface area contributed by atoms with Crippen molar-refractivity contribution >= 4 is 43.6 Å². The van der Waals surface area contributed by atoms with Crippen molar-refractivity contribution in [2.24, 2.45) is 0 Å². The van der Waals surface area contributed by atoms with Gasteiger partial charge in [0.25, 0.3) is 5.56 Å². The molecule has 7 nitrogen and oxygen atoms in total. The van der Waals surface area contributed by atoms with Gasteiger partial charge in [0.15, 0.2) is 0 Å². The van der Waals surface area contributed by atoms with E-state index in [-0.39, 0.29) is 18.7 Å². The minimum absolute atomic E-state index is 0.130. The molecule has 3 aromatic heterocycles. The minimum Gasteiger partial charge on any atom is -0.465 e. The highest BCUT2D eigenvalue weighted by Gasteiger charge is 2.19. The number of nitrogens with zero attached hydrogens (tertiary/aromatic N) is 4. The Kier molecular flexibility index (Phi) is 4.36. The molecule has 0 unspecified atom stereocenters. The zero-order valence-electron chi connectivity index (χ0n) is 14.8. The van der Waals surface area contributed by atoms with Gasteiger partial charge in [-0.05, 0) is 38.3 Å². The number of rotatable bonds is 4. The third-order valence-electron chi connectivity index (χ3n) is 4.64. The maximum atomic E-state index is 12.8. The summed E-state index contributed by atoms with van der Waals surface area (Å²) in [6.45, 7) is 5.97. The van der Waals surface area contributed by atoms with E-state index in [0.29, 0.717) is 10.2 Å². The normalized spacial score (nSPS) is 14.5. The Morgan fingerprint density at radius 1 is 1.35 bits per heavy atom. The van der Waals surface area contributed by atoms with Crippen molar-refractivity contribution in [3.8, 4) is 0 Å². The minimum atomic E-state index is -0.442. The molecule has 136 valence electrons. The summed E-state index contributed by atoms with van der Waals surface area (Å²) in [7, 11) is 0. The number of hydrogen-bond donors (Lipinski definition) is 0. The molecule has 8 heteroatoms.